The van der Waals surface area contributed by atoms with Crippen molar-refractivity contribution in [2.24, 2.45) is 5.73 Å². The smallest absolute Gasteiger partial charge is 0.356 e. The zero-order valence-corrected chi connectivity index (χ0v) is 15.9. The maximum Gasteiger partial charge on any atom is 0.356 e. The zero-order valence-electron chi connectivity index (χ0n) is 15.9. The predicted octanol–water partition coefficient (Wildman–Crippen LogP) is 1.10. The number of aromatic carboxylic acids is 1. The molecule has 3 aromatic rings. The summed E-state index contributed by atoms with van der Waals surface area (Å²) in [5, 5.41) is 15.9. The molecule has 0 amide bonds. The van der Waals surface area contributed by atoms with Crippen molar-refractivity contribution in [2.75, 3.05) is 14.2 Å². The van der Waals surface area contributed by atoms with E-state index in [4.69, 9.17) is 10.8 Å². The van der Waals surface area contributed by atoms with Gasteiger partial charge in [-0.25, -0.2) is 19.4 Å². The molecule has 0 spiro atoms. The molecule has 0 saturated heterocycles. The Kier molecular flexibility index (Phi) is 6.93. The van der Waals surface area contributed by atoms with Gasteiger partial charge in [-0.3, -0.25) is 0 Å². The number of hydrogen-bond acceptors (Lipinski definition) is 9. The fourth-order valence-electron chi connectivity index (χ4n) is 2.22. The Morgan fingerprint density at radius 1 is 1.10 bits per heavy atom. The number of carbonyl (C=O) groups excluding carboxylic acids is 2. The van der Waals surface area contributed by atoms with Crippen molar-refractivity contribution in [3.63, 3.8) is 0 Å². The summed E-state index contributed by atoms with van der Waals surface area (Å²) in [6.07, 6.45) is 1.25. The van der Waals surface area contributed by atoms with Crippen molar-refractivity contribution in [2.45, 2.75) is 13.0 Å². The Labute approximate surface area is 165 Å². The van der Waals surface area contributed by atoms with Gasteiger partial charge < -0.3 is 20.3 Å². The van der Waals surface area contributed by atoms with Gasteiger partial charge in [0.25, 0.3) is 0 Å². The summed E-state index contributed by atoms with van der Waals surface area (Å²) in [6.45, 7) is 1.90. The Morgan fingerprint density at radius 3 is 2.24 bits per heavy atom. The lowest BCUT2D eigenvalue weighted by Crippen LogP contribution is -2.13. The number of nitrogens with two attached hydrogens (primary N) is 1. The molecule has 0 unspecified atom stereocenters. The molecule has 2 aromatic heterocycles. The van der Waals surface area contributed by atoms with E-state index in [0.717, 1.165) is 16.1 Å². The van der Waals surface area contributed by atoms with Gasteiger partial charge in [-0.2, -0.15) is 4.52 Å². The highest BCUT2D eigenvalue weighted by atomic mass is 16.5. The topological polar surface area (TPSA) is 159 Å². The molecule has 0 aliphatic rings. The molecule has 11 heteroatoms. The first-order valence-electron chi connectivity index (χ1n) is 8.25. The van der Waals surface area contributed by atoms with Crippen LogP contribution in [0.4, 0.5) is 0 Å². The van der Waals surface area contributed by atoms with Crippen LogP contribution in [0.1, 0.15) is 49.9 Å². The maximum absolute atomic E-state index is 11.4. The minimum absolute atomic E-state index is 0.00769. The van der Waals surface area contributed by atoms with Crippen LogP contribution < -0.4 is 5.73 Å². The van der Waals surface area contributed by atoms with Crippen molar-refractivity contribution in [1.29, 1.82) is 0 Å². The SMILES string of the molecule is COC(=O)c1cc(C(=O)O)nc2cnnn12.COC(=O)c1ccc([C@H](C)N)cc1. The van der Waals surface area contributed by atoms with Crippen LogP contribution in [0, 0.1) is 0 Å². The fraction of sp³-hybridized carbons (Fsp3) is 0.222. The molecule has 0 aliphatic heterocycles. The summed E-state index contributed by atoms with van der Waals surface area (Å²) in [6, 6.07) is 8.16. The lowest BCUT2D eigenvalue weighted by atomic mass is 10.1. The molecule has 2 heterocycles. The average Bonchev–Trinajstić information content (AvgIpc) is 3.21. The molecule has 3 rings (SSSR count). The second-order valence-electron chi connectivity index (χ2n) is 5.73. The number of rotatable bonds is 4. The number of methoxy groups -OCH3 is 2. The van der Waals surface area contributed by atoms with Gasteiger partial charge in [-0.1, -0.05) is 17.3 Å². The van der Waals surface area contributed by atoms with Gasteiger partial charge in [0, 0.05) is 12.1 Å². The van der Waals surface area contributed by atoms with Gasteiger partial charge in [0.05, 0.1) is 26.0 Å². The van der Waals surface area contributed by atoms with Gasteiger partial charge in [0.1, 0.15) is 0 Å². The van der Waals surface area contributed by atoms with Crippen molar-refractivity contribution in [3.05, 3.63) is 59.0 Å². The number of hydrogen-bond donors (Lipinski definition) is 2. The number of aromatic nitrogens is 4. The number of esters is 2. The molecule has 0 saturated carbocycles. The quantitative estimate of drug-likeness (QED) is 0.606. The molecule has 152 valence electrons. The van der Waals surface area contributed by atoms with Crippen LogP contribution >= 0.6 is 0 Å². The predicted molar refractivity (Wildman–Crippen MR) is 99.5 cm³/mol. The normalized spacial score (nSPS) is 11.2. The van der Waals surface area contributed by atoms with Gasteiger partial charge in [-0.15, -0.1) is 5.10 Å². The van der Waals surface area contributed by atoms with Crippen LogP contribution in [0.25, 0.3) is 5.65 Å². The Morgan fingerprint density at radius 2 is 1.72 bits per heavy atom. The van der Waals surface area contributed by atoms with Crippen LogP contribution in [0.5, 0.6) is 0 Å². The van der Waals surface area contributed by atoms with E-state index in [0.29, 0.717) is 5.56 Å². The third-order valence-corrected chi connectivity index (χ3v) is 3.74. The highest BCUT2D eigenvalue weighted by Crippen LogP contribution is 2.11. The minimum atomic E-state index is -1.24. The summed E-state index contributed by atoms with van der Waals surface area (Å²) < 4.78 is 10.2. The molecule has 0 fully saturated rings. The summed E-state index contributed by atoms with van der Waals surface area (Å²) >= 11 is 0. The van der Waals surface area contributed by atoms with Crippen molar-refractivity contribution >= 4 is 23.6 Å². The molecular weight excluding hydrogens is 382 g/mol. The van der Waals surface area contributed by atoms with Gasteiger partial charge in [0.2, 0.25) is 0 Å². The lowest BCUT2D eigenvalue weighted by molar-refractivity contribution is 0.0585. The summed E-state index contributed by atoms with van der Waals surface area (Å²) in [5.74, 6) is -2.27. The Bertz CT molecular complexity index is 1030. The van der Waals surface area contributed by atoms with E-state index in [2.05, 4.69) is 24.8 Å². The Hall–Kier alpha value is -3.86. The first-order chi connectivity index (χ1) is 13.8. The fourth-order valence-corrected chi connectivity index (χ4v) is 2.22. The summed E-state index contributed by atoms with van der Waals surface area (Å²) in [5.41, 5.74) is 7.07. The monoisotopic (exact) mass is 401 g/mol. The number of nitrogens with zero attached hydrogens (tertiary/aromatic N) is 4. The Balaban J connectivity index is 0.000000212. The number of benzene rings is 1. The van der Waals surface area contributed by atoms with Crippen molar-refractivity contribution in [3.8, 4) is 0 Å². The number of ether oxygens (including phenoxy) is 2. The number of fused-ring (bicyclic) bond motifs is 1. The largest absolute Gasteiger partial charge is 0.477 e. The maximum atomic E-state index is 11.4. The van der Waals surface area contributed by atoms with Crippen LogP contribution in [0.2, 0.25) is 0 Å². The molecule has 29 heavy (non-hydrogen) atoms. The van der Waals surface area contributed by atoms with E-state index >= 15 is 0 Å². The van der Waals surface area contributed by atoms with E-state index in [1.54, 1.807) is 12.1 Å². The third kappa shape index (κ3) is 5.11. The summed E-state index contributed by atoms with van der Waals surface area (Å²) in [7, 11) is 2.55. The number of carbonyl (C=O) groups is 3. The highest BCUT2D eigenvalue weighted by molar-refractivity contribution is 5.93. The van der Waals surface area contributed by atoms with Crippen LogP contribution in [-0.4, -0.2) is 57.0 Å². The highest BCUT2D eigenvalue weighted by Gasteiger charge is 2.17. The third-order valence-electron chi connectivity index (χ3n) is 3.74. The second kappa shape index (κ2) is 9.37. The van der Waals surface area contributed by atoms with E-state index in [9.17, 15) is 14.4 Å². The molecule has 11 nitrogen and oxygen atoms in total. The molecule has 1 atom stereocenters. The minimum Gasteiger partial charge on any atom is -0.477 e. The molecule has 0 bridgehead atoms. The average molecular weight is 401 g/mol. The zero-order chi connectivity index (χ0) is 21.6. The second-order valence-corrected chi connectivity index (χ2v) is 5.73. The van der Waals surface area contributed by atoms with E-state index < -0.39 is 11.9 Å². The van der Waals surface area contributed by atoms with Gasteiger partial charge >= 0.3 is 17.9 Å². The molecular formula is C18H19N5O6. The van der Waals surface area contributed by atoms with Crippen LogP contribution in [0.15, 0.2) is 36.5 Å². The van der Waals surface area contributed by atoms with E-state index in [1.807, 2.05) is 19.1 Å². The van der Waals surface area contributed by atoms with E-state index in [1.165, 1.54) is 20.4 Å². The molecule has 0 aliphatic carbocycles. The lowest BCUT2D eigenvalue weighted by Gasteiger charge is -2.05. The van der Waals surface area contributed by atoms with Crippen molar-refractivity contribution < 1.29 is 29.0 Å². The molecule has 0 radical (unpaired) electrons. The molecule has 3 N–H and O–H groups in total. The standard InChI is InChI=1S/C10H13NO2.C8H6N4O4/c1-7(11)8-3-5-9(6-4-8)10(12)13-2;1-16-8(15)5-2-4(7(13)14)10-6-3-9-11-12(5)6/h3-7H,11H2,1-2H3;2-3H,1H3,(H,13,14)/t7-;/m0./s1. The van der Waals surface area contributed by atoms with Crippen LogP contribution in [-0.2, 0) is 9.47 Å². The molecule has 1 aromatic carbocycles. The number of carboxylic acids is 1. The van der Waals surface area contributed by atoms with Crippen molar-refractivity contribution in [1.82, 2.24) is 19.8 Å². The van der Waals surface area contributed by atoms with Gasteiger partial charge in [0.15, 0.2) is 17.0 Å². The number of carboxylic acid groups (broad SMARTS) is 1. The first kappa shape index (κ1) is 21.4. The van der Waals surface area contributed by atoms with E-state index in [-0.39, 0.29) is 29.0 Å². The van der Waals surface area contributed by atoms with Gasteiger partial charge in [-0.05, 0) is 24.6 Å². The first-order valence-corrected chi connectivity index (χ1v) is 8.25. The van der Waals surface area contributed by atoms with Crippen LogP contribution in [0.3, 0.4) is 0 Å². The summed E-state index contributed by atoms with van der Waals surface area (Å²) in [4.78, 5) is 36.9.